The lowest BCUT2D eigenvalue weighted by Crippen LogP contribution is -2.68. The molecule has 2 aromatic rings. The maximum absolute atomic E-state index is 12.5. The van der Waals surface area contributed by atoms with Crippen LogP contribution in [-0.4, -0.2) is 71.5 Å². The number of nitrogens with zero attached hydrogens (tertiary/aromatic N) is 4. The van der Waals surface area contributed by atoms with Crippen LogP contribution in [0.15, 0.2) is 18.3 Å². The standard InChI is InChI=1S/C20H21N9O9/c1-8(30)20(21)27-15-14(18(34)28-20)24-9(7-23-15)6-22-12-4-2-10(16(26-12)29(37)38)17(33)25-11(19(35)36)3-5-13(31)32/h2,4,7,11H,3,5-6,21H2,1H3,(H,22,26)(H,23,27)(H,25,33)(H,28,34)(H,31,32)(H,35,36)/t11-,20?/m0/s1. The highest BCUT2D eigenvalue weighted by molar-refractivity contribution is 6.04. The van der Waals surface area contributed by atoms with Gasteiger partial charge in [-0.1, -0.05) is 0 Å². The lowest BCUT2D eigenvalue weighted by atomic mass is 10.1. The van der Waals surface area contributed by atoms with Gasteiger partial charge in [-0.05, 0) is 22.4 Å². The number of hydrogen-bond donors (Lipinski definition) is 7. The molecule has 2 atom stereocenters. The van der Waals surface area contributed by atoms with E-state index < -0.39 is 70.5 Å². The summed E-state index contributed by atoms with van der Waals surface area (Å²) in [6.45, 7) is 1.06. The van der Waals surface area contributed by atoms with E-state index in [4.69, 9.17) is 10.8 Å². The van der Waals surface area contributed by atoms with Gasteiger partial charge in [-0.25, -0.2) is 14.8 Å². The number of carbonyl (C=O) groups is 5. The van der Waals surface area contributed by atoms with Crippen LogP contribution in [0.2, 0.25) is 0 Å². The highest BCUT2D eigenvalue weighted by Crippen LogP contribution is 2.21. The zero-order valence-corrected chi connectivity index (χ0v) is 19.5. The van der Waals surface area contributed by atoms with Gasteiger partial charge in [0, 0.05) is 19.4 Å². The van der Waals surface area contributed by atoms with Gasteiger partial charge in [0.25, 0.3) is 11.8 Å². The number of rotatable bonds is 11. The summed E-state index contributed by atoms with van der Waals surface area (Å²) < 4.78 is 0. The van der Waals surface area contributed by atoms with Crippen molar-refractivity contribution in [3.63, 3.8) is 0 Å². The molecule has 0 spiro atoms. The number of amides is 2. The van der Waals surface area contributed by atoms with Gasteiger partial charge >= 0.3 is 17.8 Å². The van der Waals surface area contributed by atoms with Gasteiger partial charge in [0.1, 0.15) is 11.6 Å². The van der Waals surface area contributed by atoms with Crippen LogP contribution in [0.5, 0.6) is 0 Å². The van der Waals surface area contributed by atoms with E-state index >= 15 is 0 Å². The Balaban J connectivity index is 1.75. The van der Waals surface area contributed by atoms with Crippen molar-refractivity contribution in [1.29, 1.82) is 0 Å². The van der Waals surface area contributed by atoms with Crippen LogP contribution >= 0.6 is 0 Å². The second-order valence-electron chi connectivity index (χ2n) is 7.98. The van der Waals surface area contributed by atoms with Gasteiger partial charge in [-0.15, -0.1) is 0 Å². The van der Waals surface area contributed by atoms with E-state index in [1.807, 2.05) is 5.32 Å². The Kier molecular flexibility index (Phi) is 7.76. The van der Waals surface area contributed by atoms with Crippen molar-refractivity contribution >= 4 is 47.0 Å². The summed E-state index contributed by atoms with van der Waals surface area (Å²) in [6.07, 6.45) is 0.276. The Labute approximate surface area is 212 Å². The molecule has 3 heterocycles. The van der Waals surface area contributed by atoms with E-state index in [1.165, 1.54) is 19.2 Å². The van der Waals surface area contributed by atoms with Crippen molar-refractivity contribution in [1.82, 2.24) is 25.6 Å². The molecule has 3 rings (SSSR count). The van der Waals surface area contributed by atoms with Gasteiger partial charge in [-0.3, -0.25) is 24.9 Å². The number of Topliss-reactive ketones (excluding diaryl/α,β-unsaturated/α-hetero) is 1. The second-order valence-corrected chi connectivity index (χ2v) is 7.98. The molecule has 1 unspecified atom stereocenters. The summed E-state index contributed by atoms with van der Waals surface area (Å²) in [5, 5.41) is 39.1. The first kappa shape index (κ1) is 27.3. The monoisotopic (exact) mass is 531 g/mol. The Morgan fingerprint density at radius 1 is 1.21 bits per heavy atom. The number of nitrogens with one attached hydrogen (secondary N) is 4. The number of aliphatic carboxylic acids is 2. The molecule has 38 heavy (non-hydrogen) atoms. The van der Waals surface area contributed by atoms with Gasteiger partial charge in [0.15, 0.2) is 17.3 Å². The summed E-state index contributed by atoms with van der Waals surface area (Å²) >= 11 is 0. The lowest BCUT2D eigenvalue weighted by Gasteiger charge is -2.33. The molecule has 2 aromatic heterocycles. The molecular weight excluding hydrogens is 510 g/mol. The van der Waals surface area contributed by atoms with Crippen LogP contribution in [0.1, 0.15) is 46.3 Å². The minimum Gasteiger partial charge on any atom is -0.481 e. The normalized spacial score (nSPS) is 16.7. The summed E-state index contributed by atoms with van der Waals surface area (Å²) in [6, 6.07) is 0.660. The van der Waals surface area contributed by atoms with E-state index in [0.717, 1.165) is 6.07 Å². The van der Waals surface area contributed by atoms with Crippen LogP contribution in [0.4, 0.5) is 17.5 Å². The molecule has 200 valence electrons. The number of pyridine rings is 1. The molecule has 0 aromatic carbocycles. The van der Waals surface area contributed by atoms with Gasteiger partial charge in [-0.2, -0.15) is 0 Å². The predicted octanol–water partition coefficient (Wildman–Crippen LogP) is -1.20. The summed E-state index contributed by atoms with van der Waals surface area (Å²) in [4.78, 5) is 81.1. The van der Waals surface area contributed by atoms with Gasteiger partial charge in [0.2, 0.25) is 11.6 Å². The molecule has 0 saturated carbocycles. The molecule has 0 saturated heterocycles. The molecule has 0 fully saturated rings. The maximum Gasteiger partial charge on any atom is 0.378 e. The second kappa shape index (κ2) is 10.8. The van der Waals surface area contributed by atoms with E-state index in [-0.39, 0.29) is 29.6 Å². The third-order valence-electron chi connectivity index (χ3n) is 5.21. The van der Waals surface area contributed by atoms with Crippen LogP contribution in [0.3, 0.4) is 0 Å². The maximum atomic E-state index is 12.5. The molecule has 1 aliphatic rings. The lowest BCUT2D eigenvalue weighted by molar-refractivity contribution is -0.389. The van der Waals surface area contributed by atoms with Crippen molar-refractivity contribution in [2.45, 2.75) is 38.1 Å². The SMILES string of the molecule is CC(=O)C1(N)NC(=O)c2nc(CNc3ccc(C(=O)N[C@@H](CCC(=O)O)C(=O)O)c([N+](=O)[O-])n3)cnc2N1. The first-order valence-electron chi connectivity index (χ1n) is 10.7. The van der Waals surface area contributed by atoms with E-state index in [2.05, 4.69) is 30.9 Å². The Morgan fingerprint density at radius 2 is 1.92 bits per heavy atom. The van der Waals surface area contributed by atoms with Crippen molar-refractivity contribution < 1.29 is 39.1 Å². The van der Waals surface area contributed by atoms with E-state index in [9.17, 15) is 39.2 Å². The van der Waals surface area contributed by atoms with Crippen molar-refractivity contribution in [2.24, 2.45) is 5.73 Å². The summed E-state index contributed by atoms with van der Waals surface area (Å²) in [5.41, 5.74) is 5.32. The summed E-state index contributed by atoms with van der Waals surface area (Å²) in [5.74, 6) is -8.05. The number of carboxylic acids is 2. The Morgan fingerprint density at radius 3 is 2.53 bits per heavy atom. The van der Waals surface area contributed by atoms with Gasteiger partial charge < -0.3 is 41.6 Å². The number of fused-ring (bicyclic) bond motifs is 1. The smallest absolute Gasteiger partial charge is 0.378 e. The van der Waals surface area contributed by atoms with Crippen LogP contribution in [0.25, 0.3) is 0 Å². The fraction of sp³-hybridized carbons (Fsp3) is 0.300. The number of nitro groups is 1. The number of carboxylic acid groups (broad SMARTS) is 2. The molecule has 2 amide bonds. The number of aromatic nitrogens is 3. The number of hydrogen-bond acceptors (Lipinski definition) is 13. The average molecular weight is 531 g/mol. The van der Waals surface area contributed by atoms with Crippen LogP contribution in [-0.2, 0) is 20.9 Å². The molecule has 0 aliphatic carbocycles. The summed E-state index contributed by atoms with van der Waals surface area (Å²) in [7, 11) is 0. The minimum atomic E-state index is -1.84. The van der Waals surface area contributed by atoms with Crippen molar-refractivity contribution in [3.05, 3.63) is 45.4 Å². The largest absolute Gasteiger partial charge is 0.481 e. The average Bonchev–Trinajstić information content (AvgIpc) is 2.84. The quantitative estimate of drug-likeness (QED) is 0.132. The third kappa shape index (κ3) is 6.10. The highest BCUT2D eigenvalue weighted by Gasteiger charge is 2.39. The van der Waals surface area contributed by atoms with Crippen LogP contribution in [0, 0.1) is 10.1 Å². The molecule has 1 aliphatic heterocycles. The fourth-order valence-electron chi connectivity index (χ4n) is 3.20. The molecule has 18 heteroatoms. The molecule has 18 nitrogen and oxygen atoms in total. The van der Waals surface area contributed by atoms with Crippen LogP contribution < -0.4 is 27.0 Å². The fourth-order valence-corrected chi connectivity index (χ4v) is 3.20. The van der Waals surface area contributed by atoms with E-state index in [1.54, 1.807) is 0 Å². The zero-order chi connectivity index (χ0) is 28.2. The van der Waals surface area contributed by atoms with E-state index in [0.29, 0.717) is 0 Å². The first-order valence-corrected chi connectivity index (χ1v) is 10.7. The molecule has 8 N–H and O–H groups in total. The number of carbonyl (C=O) groups excluding carboxylic acids is 3. The molecule has 0 bridgehead atoms. The molecule has 0 radical (unpaired) electrons. The Hall–Kier alpha value is -5.26. The van der Waals surface area contributed by atoms with Gasteiger partial charge in [0.05, 0.1) is 18.4 Å². The number of anilines is 2. The Bertz CT molecular complexity index is 1350. The zero-order valence-electron chi connectivity index (χ0n) is 19.5. The van der Waals surface area contributed by atoms with Crippen molar-refractivity contribution in [2.75, 3.05) is 10.6 Å². The third-order valence-corrected chi connectivity index (χ3v) is 5.21. The number of ketones is 1. The molecular formula is C20H21N9O9. The highest BCUT2D eigenvalue weighted by atomic mass is 16.6. The minimum absolute atomic E-state index is 0.0256. The van der Waals surface area contributed by atoms with Crippen molar-refractivity contribution in [3.8, 4) is 0 Å². The predicted molar refractivity (Wildman–Crippen MR) is 125 cm³/mol. The number of nitrogens with two attached hydrogens (primary N) is 1. The topological polar surface area (TPSA) is 282 Å². The first-order chi connectivity index (χ1) is 17.8.